The van der Waals surface area contributed by atoms with E-state index in [9.17, 15) is 4.79 Å². The standard InChI is InChI=1S/C13H16O3S/c1-2-15-13(14)10-16-12-7-5-11(6-8-12)4-3-9-17/h3-8,17H,2,9-10H2,1H3. The number of thiol groups is 1. The molecule has 0 N–H and O–H groups in total. The molecule has 0 spiro atoms. The topological polar surface area (TPSA) is 35.5 Å². The van der Waals surface area contributed by atoms with Crippen LogP contribution < -0.4 is 4.74 Å². The van der Waals surface area contributed by atoms with Crippen molar-refractivity contribution in [2.75, 3.05) is 19.0 Å². The largest absolute Gasteiger partial charge is 0.482 e. The van der Waals surface area contributed by atoms with Gasteiger partial charge in [0.1, 0.15) is 5.75 Å². The number of hydrogen-bond acceptors (Lipinski definition) is 4. The molecule has 1 rings (SSSR count). The van der Waals surface area contributed by atoms with E-state index in [0.717, 1.165) is 5.56 Å². The minimum Gasteiger partial charge on any atom is -0.482 e. The van der Waals surface area contributed by atoms with E-state index in [4.69, 9.17) is 9.47 Å². The van der Waals surface area contributed by atoms with Crippen molar-refractivity contribution in [3.05, 3.63) is 35.9 Å². The molecule has 0 amide bonds. The van der Waals surface area contributed by atoms with Gasteiger partial charge in [0, 0.05) is 5.75 Å². The summed E-state index contributed by atoms with van der Waals surface area (Å²) in [5.74, 6) is 1.01. The van der Waals surface area contributed by atoms with Gasteiger partial charge >= 0.3 is 5.97 Å². The summed E-state index contributed by atoms with van der Waals surface area (Å²) in [7, 11) is 0. The normalized spacial score (nSPS) is 10.5. The fraction of sp³-hybridized carbons (Fsp3) is 0.308. The lowest BCUT2D eigenvalue weighted by Gasteiger charge is -2.05. The van der Waals surface area contributed by atoms with Crippen LogP contribution in [0.5, 0.6) is 5.75 Å². The van der Waals surface area contributed by atoms with Crippen molar-refractivity contribution in [3.63, 3.8) is 0 Å². The first-order valence-corrected chi connectivity index (χ1v) is 6.05. The summed E-state index contributed by atoms with van der Waals surface area (Å²) in [6.07, 6.45) is 3.93. The Kier molecular flexibility index (Phi) is 6.25. The summed E-state index contributed by atoms with van der Waals surface area (Å²) in [5, 5.41) is 0. The summed E-state index contributed by atoms with van der Waals surface area (Å²) in [4.78, 5) is 11.1. The molecule has 0 aliphatic rings. The van der Waals surface area contributed by atoms with Gasteiger partial charge in [-0.3, -0.25) is 0 Å². The SMILES string of the molecule is CCOC(=O)COc1ccc(C=CCS)cc1. The zero-order valence-electron chi connectivity index (χ0n) is 9.76. The molecular weight excluding hydrogens is 236 g/mol. The molecule has 0 bridgehead atoms. The molecule has 1 aromatic rings. The van der Waals surface area contributed by atoms with Gasteiger partial charge in [-0.1, -0.05) is 24.3 Å². The molecule has 0 atom stereocenters. The maximum absolute atomic E-state index is 11.1. The Morgan fingerprint density at radius 1 is 1.35 bits per heavy atom. The Morgan fingerprint density at radius 3 is 2.65 bits per heavy atom. The molecule has 0 fully saturated rings. The third kappa shape index (κ3) is 5.45. The van der Waals surface area contributed by atoms with E-state index in [2.05, 4.69) is 12.6 Å². The van der Waals surface area contributed by atoms with Crippen LogP contribution in [0.4, 0.5) is 0 Å². The highest BCUT2D eigenvalue weighted by Crippen LogP contribution is 2.13. The number of benzene rings is 1. The Balaban J connectivity index is 2.45. The molecule has 0 unspecified atom stereocenters. The highest BCUT2D eigenvalue weighted by Gasteiger charge is 2.02. The number of rotatable bonds is 6. The second-order valence-corrected chi connectivity index (χ2v) is 3.61. The maximum Gasteiger partial charge on any atom is 0.344 e. The lowest BCUT2D eigenvalue weighted by molar-refractivity contribution is -0.145. The Morgan fingerprint density at radius 2 is 2.06 bits per heavy atom. The van der Waals surface area contributed by atoms with Crippen LogP contribution in [0.2, 0.25) is 0 Å². The number of carbonyl (C=O) groups is 1. The summed E-state index contributed by atoms with van der Waals surface area (Å²) in [5.41, 5.74) is 1.07. The molecular formula is C13H16O3S. The molecule has 4 heteroatoms. The number of esters is 1. The Hall–Kier alpha value is -1.42. The number of carbonyl (C=O) groups excluding carboxylic acids is 1. The van der Waals surface area contributed by atoms with E-state index in [1.165, 1.54) is 0 Å². The van der Waals surface area contributed by atoms with Gasteiger partial charge in [-0.25, -0.2) is 4.79 Å². The molecule has 0 aliphatic heterocycles. The Labute approximate surface area is 107 Å². The minimum absolute atomic E-state index is 0.0559. The lowest BCUT2D eigenvalue weighted by atomic mass is 10.2. The van der Waals surface area contributed by atoms with Gasteiger partial charge in [-0.05, 0) is 24.6 Å². The first-order valence-electron chi connectivity index (χ1n) is 5.42. The first kappa shape index (κ1) is 13.6. The van der Waals surface area contributed by atoms with E-state index in [1.807, 2.05) is 36.4 Å². The average molecular weight is 252 g/mol. The third-order valence-electron chi connectivity index (χ3n) is 1.96. The van der Waals surface area contributed by atoms with E-state index in [1.54, 1.807) is 6.92 Å². The average Bonchev–Trinajstić information content (AvgIpc) is 2.35. The molecule has 17 heavy (non-hydrogen) atoms. The van der Waals surface area contributed by atoms with Crippen molar-refractivity contribution in [1.82, 2.24) is 0 Å². The second-order valence-electron chi connectivity index (χ2n) is 3.25. The van der Waals surface area contributed by atoms with Crippen molar-refractivity contribution in [3.8, 4) is 5.75 Å². The van der Waals surface area contributed by atoms with Crippen molar-refractivity contribution in [2.45, 2.75) is 6.92 Å². The number of hydrogen-bond donors (Lipinski definition) is 1. The first-order chi connectivity index (χ1) is 8.26. The van der Waals surface area contributed by atoms with Crippen molar-refractivity contribution < 1.29 is 14.3 Å². The molecule has 0 radical (unpaired) electrons. The van der Waals surface area contributed by atoms with Crippen LogP contribution >= 0.6 is 12.6 Å². The summed E-state index contributed by atoms with van der Waals surface area (Å²) < 4.78 is 10.0. The zero-order valence-corrected chi connectivity index (χ0v) is 10.7. The van der Waals surface area contributed by atoms with Crippen LogP contribution in [0.3, 0.4) is 0 Å². The van der Waals surface area contributed by atoms with Gasteiger partial charge in [0.05, 0.1) is 6.61 Å². The molecule has 0 aromatic heterocycles. The molecule has 3 nitrogen and oxygen atoms in total. The van der Waals surface area contributed by atoms with E-state index >= 15 is 0 Å². The van der Waals surface area contributed by atoms with E-state index in [-0.39, 0.29) is 12.6 Å². The van der Waals surface area contributed by atoms with Gasteiger partial charge in [-0.2, -0.15) is 12.6 Å². The molecule has 0 aliphatic carbocycles. The minimum atomic E-state index is -0.355. The summed E-state index contributed by atoms with van der Waals surface area (Å²) in [6, 6.07) is 7.47. The monoisotopic (exact) mass is 252 g/mol. The van der Waals surface area contributed by atoms with Crippen LogP contribution in [-0.4, -0.2) is 24.9 Å². The van der Waals surface area contributed by atoms with E-state index in [0.29, 0.717) is 18.1 Å². The van der Waals surface area contributed by atoms with Gasteiger partial charge in [0.15, 0.2) is 6.61 Å². The van der Waals surface area contributed by atoms with Crippen LogP contribution in [0.25, 0.3) is 6.08 Å². The van der Waals surface area contributed by atoms with E-state index < -0.39 is 0 Å². The molecule has 0 heterocycles. The fourth-order valence-corrected chi connectivity index (χ4v) is 1.31. The van der Waals surface area contributed by atoms with Crippen LogP contribution in [-0.2, 0) is 9.53 Å². The predicted molar refractivity (Wildman–Crippen MR) is 71.5 cm³/mol. The lowest BCUT2D eigenvalue weighted by Crippen LogP contribution is -2.14. The fourth-order valence-electron chi connectivity index (χ4n) is 1.21. The summed E-state index contributed by atoms with van der Waals surface area (Å²) in [6.45, 7) is 2.08. The highest BCUT2D eigenvalue weighted by molar-refractivity contribution is 7.80. The van der Waals surface area contributed by atoms with Gasteiger partial charge in [-0.15, -0.1) is 0 Å². The summed E-state index contributed by atoms with van der Waals surface area (Å²) >= 11 is 4.08. The molecule has 0 saturated carbocycles. The number of ether oxygens (including phenoxy) is 2. The zero-order chi connectivity index (χ0) is 12.5. The van der Waals surface area contributed by atoms with Crippen LogP contribution in [0.15, 0.2) is 30.3 Å². The maximum atomic E-state index is 11.1. The highest BCUT2D eigenvalue weighted by atomic mass is 32.1. The smallest absolute Gasteiger partial charge is 0.344 e. The Bertz CT molecular complexity index is 371. The van der Waals surface area contributed by atoms with Crippen LogP contribution in [0.1, 0.15) is 12.5 Å². The molecule has 0 saturated heterocycles. The van der Waals surface area contributed by atoms with Crippen molar-refractivity contribution in [1.29, 1.82) is 0 Å². The molecule has 92 valence electrons. The second kappa shape index (κ2) is 7.79. The predicted octanol–water partition coefficient (Wildman–Crippen LogP) is 2.57. The van der Waals surface area contributed by atoms with Gasteiger partial charge < -0.3 is 9.47 Å². The van der Waals surface area contributed by atoms with Gasteiger partial charge in [0.2, 0.25) is 0 Å². The quantitative estimate of drug-likeness (QED) is 0.624. The van der Waals surface area contributed by atoms with Crippen molar-refractivity contribution in [2.24, 2.45) is 0 Å². The molecule has 1 aromatic carbocycles. The van der Waals surface area contributed by atoms with Crippen molar-refractivity contribution >= 4 is 24.7 Å². The third-order valence-corrected chi connectivity index (χ3v) is 2.17. The van der Waals surface area contributed by atoms with Gasteiger partial charge in [0.25, 0.3) is 0 Å². The van der Waals surface area contributed by atoms with Crippen LogP contribution in [0, 0.1) is 0 Å².